The summed E-state index contributed by atoms with van der Waals surface area (Å²) in [4.78, 5) is 18.4. The summed E-state index contributed by atoms with van der Waals surface area (Å²) in [5.41, 5.74) is 4.14. The maximum Gasteiger partial charge on any atom is 0.220 e. The van der Waals surface area contributed by atoms with Gasteiger partial charge in [0, 0.05) is 54.9 Å². The van der Waals surface area contributed by atoms with Gasteiger partial charge < -0.3 is 15.0 Å². The first-order chi connectivity index (χ1) is 15.4. The fraction of sp³-hybridized carbons (Fsp3) is 0.391. The smallest absolute Gasteiger partial charge is 0.220 e. The Kier molecular flexibility index (Phi) is 5.03. The monoisotopic (exact) mass is 436 g/mol. The van der Waals surface area contributed by atoms with Crippen LogP contribution in [0.3, 0.4) is 0 Å². The van der Waals surface area contributed by atoms with E-state index in [4.69, 9.17) is 4.74 Å². The van der Waals surface area contributed by atoms with Gasteiger partial charge in [-0.3, -0.25) is 9.20 Å². The Bertz CT molecular complexity index is 1240. The molecule has 4 heterocycles. The SMILES string of the molecule is CC(=O)N1C(C)C=C(c2cnc(NCc3c(F)ccc4c3CCO4)n3cnnc23)CC1C. The number of hydrogen-bond acceptors (Lipinski definition) is 6. The van der Waals surface area contributed by atoms with Gasteiger partial charge >= 0.3 is 0 Å². The van der Waals surface area contributed by atoms with Crippen molar-refractivity contribution in [2.24, 2.45) is 0 Å². The van der Waals surface area contributed by atoms with Crippen LogP contribution in [0, 0.1) is 5.82 Å². The highest BCUT2D eigenvalue weighted by molar-refractivity contribution is 5.80. The average Bonchev–Trinajstić information content (AvgIpc) is 3.42. The fourth-order valence-electron chi connectivity index (χ4n) is 4.90. The number of ether oxygens (including phenoxy) is 1. The molecule has 0 aliphatic carbocycles. The summed E-state index contributed by atoms with van der Waals surface area (Å²) in [6.45, 7) is 6.51. The summed E-state index contributed by atoms with van der Waals surface area (Å²) in [5.74, 6) is 1.08. The molecule has 2 aromatic heterocycles. The van der Waals surface area contributed by atoms with Crippen molar-refractivity contribution in [2.45, 2.75) is 52.2 Å². The number of carbonyl (C=O) groups is 1. The lowest BCUT2D eigenvalue weighted by atomic mass is 9.93. The summed E-state index contributed by atoms with van der Waals surface area (Å²) in [6, 6.07) is 3.18. The summed E-state index contributed by atoms with van der Waals surface area (Å²) in [7, 11) is 0. The molecule has 1 aromatic carbocycles. The van der Waals surface area contributed by atoms with Gasteiger partial charge in [-0.1, -0.05) is 6.08 Å². The highest BCUT2D eigenvalue weighted by Crippen LogP contribution is 2.33. The second-order valence-corrected chi connectivity index (χ2v) is 8.39. The van der Waals surface area contributed by atoms with Crippen molar-refractivity contribution in [2.75, 3.05) is 11.9 Å². The zero-order valence-corrected chi connectivity index (χ0v) is 18.3. The van der Waals surface area contributed by atoms with Crippen LogP contribution in [-0.2, 0) is 17.8 Å². The third-order valence-electron chi connectivity index (χ3n) is 6.28. The largest absolute Gasteiger partial charge is 0.493 e. The maximum absolute atomic E-state index is 14.5. The highest BCUT2D eigenvalue weighted by Gasteiger charge is 2.29. The number of halogens is 1. The van der Waals surface area contributed by atoms with Crippen molar-refractivity contribution >= 4 is 23.1 Å². The molecule has 0 radical (unpaired) electrons. The molecular weight excluding hydrogens is 411 g/mol. The predicted octanol–water partition coefficient (Wildman–Crippen LogP) is 3.22. The molecule has 2 aliphatic heterocycles. The number of nitrogens with one attached hydrogen (secondary N) is 1. The number of fused-ring (bicyclic) bond motifs is 2. The van der Waals surface area contributed by atoms with E-state index in [1.165, 1.54) is 6.07 Å². The van der Waals surface area contributed by atoms with E-state index in [0.717, 1.165) is 22.4 Å². The predicted molar refractivity (Wildman–Crippen MR) is 118 cm³/mol. The Morgan fingerprint density at radius 3 is 2.97 bits per heavy atom. The Morgan fingerprint density at radius 2 is 2.19 bits per heavy atom. The van der Waals surface area contributed by atoms with Crippen LogP contribution < -0.4 is 10.1 Å². The summed E-state index contributed by atoms with van der Waals surface area (Å²) in [6.07, 6.45) is 6.86. The molecule has 1 N–H and O–H groups in total. The molecule has 0 bridgehead atoms. The lowest BCUT2D eigenvalue weighted by molar-refractivity contribution is -0.132. The van der Waals surface area contributed by atoms with Gasteiger partial charge in [-0.05, 0) is 38.0 Å². The van der Waals surface area contributed by atoms with E-state index in [2.05, 4.69) is 26.6 Å². The van der Waals surface area contributed by atoms with Gasteiger partial charge in [0.2, 0.25) is 11.9 Å². The summed E-state index contributed by atoms with van der Waals surface area (Å²) in [5, 5.41) is 11.6. The number of aromatic nitrogens is 4. The van der Waals surface area contributed by atoms with Crippen LogP contribution >= 0.6 is 0 Å². The topological polar surface area (TPSA) is 84.7 Å². The minimum atomic E-state index is -0.260. The second kappa shape index (κ2) is 7.89. The van der Waals surface area contributed by atoms with Crippen molar-refractivity contribution in [3.63, 3.8) is 0 Å². The molecule has 2 unspecified atom stereocenters. The molecule has 1 amide bonds. The van der Waals surface area contributed by atoms with Crippen LogP contribution in [-0.4, -0.2) is 49.1 Å². The average molecular weight is 436 g/mol. The lowest BCUT2D eigenvalue weighted by Crippen LogP contribution is -2.45. The van der Waals surface area contributed by atoms with Crippen LogP contribution in [0.5, 0.6) is 5.75 Å². The first-order valence-corrected chi connectivity index (χ1v) is 10.8. The molecule has 0 saturated heterocycles. The lowest BCUT2D eigenvalue weighted by Gasteiger charge is -2.37. The number of nitrogens with zero attached hydrogens (tertiary/aromatic N) is 5. The van der Waals surface area contributed by atoms with E-state index in [1.807, 2.05) is 18.7 Å². The molecule has 0 spiro atoms. The zero-order valence-electron chi connectivity index (χ0n) is 18.3. The van der Waals surface area contributed by atoms with Gasteiger partial charge in [0.15, 0.2) is 5.65 Å². The number of benzene rings is 1. The van der Waals surface area contributed by atoms with Crippen molar-refractivity contribution < 1.29 is 13.9 Å². The fourth-order valence-corrected chi connectivity index (χ4v) is 4.90. The third kappa shape index (κ3) is 3.37. The van der Waals surface area contributed by atoms with E-state index in [-0.39, 0.29) is 30.4 Å². The van der Waals surface area contributed by atoms with Crippen molar-refractivity contribution in [3.05, 3.63) is 53.2 Å². The molecule has 5 rings (SSSR count). The van der Waals surface area contributed by atoms with E-state index >= 15 is 0 Å². The van der Waals surface area contributed by atoms with Crippen LogP contribution in [0.1, 0.15) is 43.9 Å². The van der Waals surface area contributed by atoms with Gasteiger partial charge in [0.05, 0.1) is 6.61 Å². The number of rotatable bonds is 4. The normalized spacial score (nSPS) is 20.1. The van der Waals surface area contributed by atoms with Crippen molar-refractivity contribution in [1.29, 1.82) is 0 Å². The van der Waals surface area contributed by atoms with Crippen LogP contribution in [0.15, 0.2) is 30.7 Å². The van der Waals surface area contributed by atoms with Crippen LogP contribution in [0.25, 0.3) is 11.2 Å². The first-order valence-electron chi connectivity index (χ1n) is 10.8. The van der Waals surface area contributed by atoms with Crippen molar-refractivity contribution in [1.82, 2.24) is 24.5 Å². The van der Waals surface area contributed by atoms with Gasteiger partial charge in [0.1, 0.15) is 17.9 Å². The van der Waals surface area contributed by atoms with Crippen LogP contribution in [0.2, 0.25) is 0 Å². The third-order valence-corrected chi connectivity index (χ3v) is 6.28. The maximum atomic E-state index is 14.5. The highest BCUT2D eigenvalue weighted by atomic mass is 19.1. The minimum Gasteiger partial charge on any atom is -0.493 e. The Balaban J connectivity index is 1.45. The molecule has 2 aliphatic rings. The number of amides is 1. The van der Waals surface area contributed by atoms with Gasteiger partial charge in [-0.25, -0.2) is 9.37 Å². The molecule has 166 valence electrons. The van der Waals surface area contributed by atoms with E-state index < -0.39 is 0 Å². The Labute approximate surface area is 185 Å². The zero-order chi connectivity index (χ0) is 22.4. The second-order valence-electron chi connectivity index (χ2n) is 8.39. The molecule has 0 fully saturated rings. The molecule has 32 heavy (non-hydrogen) atoms. The van der Waals surface area contributed by atoms with Crippen LogP contribution in [0.4, 0.5) is 10.3 Å². The van der Waals surface area contributed by atoms with E-state index in [0.29, 0.717) is 36.6 Å². The number of hydrogen-bond donors (Lipinski definition) is 1. The van der Waals surface area contributed by atoms with Gasteiger partial charge in [-0.15, -0.1) is 10.2 Å². The van der Waals surface area contributed by atoms with Gasteiger partial charge in [-0.2, -0.15) is 0 Å². The molecule has 3 aromatic rings. The molecule has 2 atom stereocenters. The standard InChI is InChI=1S/C23H25FN6O2/c1-13-8-16(9-14(2)30(13)15(3)31)18-10-25-23(29-12-27-28-22(18)29)26-11-19-17-6-7-32-21(17)5-4-20(19)24/h4-5,8,10,12-14H,6-7,9,11H2,1-3H3,(H,25,26). The molecular formula is C23H25FN6O2. The summed E-state index contributed by atoms with van der Waals surface area (Å²) >= 11 is 0. The number of carbonyl (C=O) groups excluding carboxylic acids is 1. The van der Waals surface area contributed by atoms with Crippen molar-refractivity contribution in [3.8, 4) is 5.75 Å². The molecule has 8 nitrogen and oxygen atoms in total. The first kappa shape index (κ1) is 20.4. The molecule has 0 saturated carbocycles. The quantitative estimate of drug-likeness (QED) is 0.676. The molecule has 9 heteroatoms. The van der Waals surface area contributed by atoms with Gasteiger partial charge in [0.25, 0.3) is 0 Å². The Morgan fingerprint density at radius 1 is 1.34 bits per heavy atom. The number of anilines is 1. The minimum absolute atomic E-state index is 0.0163. The van der Waals surface area contributed by atoms with E-state index in [9.17, 15) is 9.18 Å². The Hall–Kier alpha value is -3.49. The van der Waals surface area contributed by atoms with E-state index in [1.54, 1.807) is 29.9 Å². The summed E-state index contributed by atoms with van der Waals surface area (Å²) < 4.78 is 21.8.